The number of rotatable bonds is 6. The number of hydrogen-bond acceptors (Lipinski definition) is 5. The second-order valence-electron chi connectivity index (χ2n) is 6.48. The number of piperazine rings is 1. The summed E-state index contributed by atoms with van der Waals surface area (Å²) in [6, 6.07) is 6.24. The smallest absolute Gasteiger partial charge is 0.274 e. The molecule has 0 saturated carbocycles. The standard InChI is InChI=1S/C16H23N5S3/c1-13(2)11-23-15-18-21(16(22)24-15)12-19-7-9-20(10-8-19)14-5-3-4-6-17-14/h3-6,13H,7-12H2,1-2H3/p+2. The number of anilines is 1. The lowest BCUT2D eigenvalue weighted by atomic mass is 10.3. The molecule has 0 spiro atoms. The molecule has 0 unspecified atom stereocenters. The van der Waals surface area contributed by atoms with Crippen molar-refractivity contribution in [1.29, 1.82) is 0 Å². The van der Waals surface area contributed by atoms with Crippen molar-refractivity contribution >= 4 is 41.1 Å². The van der Waals surface area contributed by atoms with Crippen molar-refractivity contribution in [2.24, 2.45) is 5.92 Å². The maximum Gasteiger partial charge on any atom is 0.274 e. The van der Waals surface area contributed by atoms with Gasteiger partial charge in [-0.05, 0) is 24.2 Å². The number of pyridine rings is 1. The second-order valence-corrected chi connectivity index (χ2v) is 9.37. The summed E-state index contributed by atoms with van der Waals surface area (Å²) in [6.07, 6.45) is 1.99. The summed E-state index contributed by atoms with van der Waals surface area (Å²) in [5.74, 6) is 2.98. The molecule has 2 aromatic rings. The summed E-state index contributed by atoms with van der Waals surface area (Å²) in [4.78, 5) is 7.28. The van der Waals surface area contributed by atoms with E-state index in [2.05, 4.69) is 35.9 Å². The molecule has 2 aromatic heterocycles. The van der Waals surface area contributed by atoms with Crippen LogP contribution >= 0.6 is 35.3 Å². The Hall–Kier alpha value is -0.960. The number of thioether (sulfide) groups is 1. The van der Waals surface area contributed by atoms with Crippen molar-refractivity contribution in [3.63, 3.8) is 0 Å². The minimum Gasteiger partial charge on any atom is -0.310 e. The molecule has 0 amide bonds. The van der Waals surface area contributed by atoms with Crippen molar-refractivity contribution in [1.82, 2.24) is 9.78 Å². The molecule has 1 fully saturated rings. The Balaban J connectivity index is 1.54. The molecule has 0 aromatic carbocycles. The van der Waals surface area contributed by atoms with Crippen LogP contribution in [-0.2, 0) is 6.67 Å². The molecule has 3 rings (SSSR count). The SMILES string of the molecule is CC(C)CSc1nn(C[NH+]2CCN(c3cccc[nH+]3)CC2)c(=S)s1. The monoisotopic (exact) mass is 383 g/mol. The lowest BCUT2D eigenvalue weighted by molar-refractivity contribution is -0.924. The van der Waals surface area contributed by atoms with Gasteiger partial charge in [0.05, 0.1) is 6.20 Å². The average molecular weight is 384 g/mol. The Labute approximate surface area is 156 Å². The van der Waals surface area contributed by atoms with Crippen LogP contribution in [-0.4, -0.2) is 41.7 Å². The van der Waals surface area contributed by atoms with Crippen LogP contribution in [0.1, 0.15) is 13.8 Å². The number of aromatic nitrogens is 3. The number of nitrogens with zero attached hydrogens (tertiary/aromatic N) is 3. The van der Waals surface area contributed by atoms with E-state index in [1.165, 1.54) is 5.82 Å². The van der Waals surface area contributed by atoms with Gasteiger partial charge in [-0.3, -0.25) is 4.90 Å². The van der Waals surface area contributed by atoms with E-state index in [0.29, 0.717) is 5.92 Å². The largest absolute Gasteiger partial charge is 0.310 e. The van der Waals surface area contributed by atoms with Crippen molar-refractivity contribution in [3.05, 3.63) is 28.4 Å². The van der Waals surface area contributed by atoms with Gasteiger partial charge in [0.15, 0.2) is 15.0 Å². The first-order chi connectivity index (χ1) is 11.6. The third-order valence-electron chi connectivity index (χ3n) is 4.01. The molecule has 0 radical (unpaired) electrons. The average Bonchev–Trinajstić information content (AvgIpc) is 2.94. The number of aromatic amines is 1. The van der Waals surface area contributed by atoms with Gasteiger partial charge in [-0.2, -0.15) is 4.68 Å². The van der Waals surface area contributed by atoms with Crippen molar-refractivity contribution in [2.45, 2.75) is 24.9 Å². The summed E-state index contributed by atoms with van der Waals surface area (Å²) in [6.45, 7) is 9.68. The highest BCUT2D eigenvalue weighted by Gasteiger charge is 2.26. The van der Waals surface area contributed by atoms with E-state index in [1.807, 2.05) is 28.7 Å². The molecule has 24 heavy (non-hydrogen) atoms. The van der Waals surface area contributed by atoms with E-state index in [1.54, 1.807) is 16.2 Å². The number of nitrogens with one attached hydrogen (secondary N) is 2. The fourth-order valence-corrected chi connectivity index (χ4v) is 5.01. The molecule has 3 heterocycles. The first-order valence-corrected chi connectivity index (χ1v) is 10.6. The van der Waals surface area contributed by atoms with Gasteiger partial charge in [-0.25, -0.2) is 4.98 Å². The lowest BCUT2D eigenvalue weighted by Gasteiger charge is -2.27. The molecule has 130 valence electrons. The highest BCUT2D eigenvalue weighted by Crippen LogP contribution is 2.23. The minimum absolute atomic E-state index is 0.675. The van der Waals surface area contributed by atoms with E-state index in [4.69, 9.17) is 17.3 Å². The maximum atomic E-state index is 5.50. The summed E-state index contributed by atoms with van der Waals surface area (Å²) >= 11 is 8.96. The Kier molecular flexibility index (Phi) is 6.26. The summed E-state index contributed by atoms with van der Waals surface area (Å²) in [5, 5.41) is 4.71. The van der Waals surface area contributed by atoms with E-state index in [9.17, 15) is 0 Å². The van der Waals surface area contributed by atoms with Gasteiger partial charge in [-0.15, -0.1) is 5.10 Å². The van der Waals surface area contributed by atoms with Crippen LogP contribution in [0.3, 0.4) is 0 Å². The minimum atomic E-state index is 0.675. The molecule has 5 nitrogen and oxygen atoms in total. The zero-order valence-electron chi connectivity index (χ0n) is 14.2. The van der Waals surface area contributed by atoms with E-state index < -0.39 is 0 Å². The van der Waals surface area contributed by atoms with Crippen molar-refractivity contribution in [2.75, 3.05) is 36.8 Å². The molecule has 8 heteroatoms. The Morgan fingerprint density at radius 2 is 2.17 bits per heavy atom. The first kappa shape index (κ1) is 17.8. The van der Waals surface area contributed by atoms with Crippen LogP contribution in [0.2, 0.25) is 0 Å². The predicted molar refractivity (Wildman–Crippen MR) is 102 cm³/mol. The fourth-order valence-electron chi connectivity index (χ4n) is 2.70. The summed E-state index contributed by atoms with van der Waals surface area (Å²) < 4.78 is 4.01. The van der Waals surface area contributed by atoms with Gasteiger partial charge in [0.1, 0.15) is 26.2 Å². The third-order valence-corrected chi connectivity index (χ3v) is 6.87. The van der Waals surface area contributed by atoms with Gasteiger partial charge in [-0.1, -0.05) is 43.0 Å². The normalized spacial score (nSPS) is 16.0. The third kappa shape index (κ3) is 4.78. The highest BCUT2D eigenvalue weighted by molar-refractivity contribution is 8.01. The van der Waals surface area contributed by atoms with Crippen molar-refractivity contribution in [3.8, 4) is 0 Å². The fraction of sp³-hybridized carbons (Fsp3) is 0.562. The van der Waals surface area contributed by atoms with Crippen LogP contribution in [0.25, 0.3) is 0 Å². The summed E-state index contributed by atoms with van der Waals surface area (Å²) in [7, 11) is 0. The van der Waals surface area contributed by atoms with Crippen LogP contribution < -0.4 is 14.8 Å². The number of hydrogen-bond donors (Lipinski definition) is 1. The van der Waals surface area contributed by atoms with Crippen LogP contribution in [0, 0.1) is 9.87 Å². The van der Waals surface area contributed by atoms with Crippen LogP contribution in [0.4, 0.5) is 5.82 Å². The van der Waals surface area contributed by atoms with Gasteiger partial charge < -0.3 is 4.90 Å². The van der Waals surface area contributed by atoms with E-state index >= 15 is 0 Å². The van der Waals surface area contributed by atoms with E-state index in [0.717, 1.165) is 46.9 Å². The first-order valence-electron chi connectivity index (χ1n) is 8.38. The predicted octanol–water partition coefficient (Wildman–Crippen LogP) is 1.60. The molecule has 0 atom stereocenters. The van der Waals surface area contributed by atoms with Crippen LogP contribution in [0.15, 0.2) is 28.7 Å². The molecule has 1 aliphatic rings. The molecular formula is C16H25N5S3+2. The van der Waals surface area contributed by atoms with Crippen molar-refractivity contribution < 1.29 is 9.88 Å². The zero-order chi connectivity index (χ0) is 16.9. The lowest BCUT2D eigenvalue weighted by Crippen LogP contribution is -3.14. The molecule has 0 aliphatic carbocycles. The molecular weight excluding hydrogens is 358 g/mol. The molecule has 0 bridgehead atoms. The second kappa shape index (κ2) is 8.42. The topological polar surface area (TPSA) is 39.6 Å². The molecule has 1 saturated heterocycles. The Bertz CT molecular complexity index is 689. The van der Waals surface area contributed by atoms with Gasteiger partial charge in [0.2, 0.25) is 0 Å². The summed E-state index contributed by atoms with van der Waals surface area (Å²) in [5.41, 5.74) is 0. The van der Waals surface area contributed by atoms with E-state index in [-0.39, 0.29) is 0 Å². The molecule has 1 aliphatic heterocycles. The van der Waals surface area contributed by atoms with Gasteiger partial charge in [0, 0.05) is 11.8 Å². The number of H-pyrrole nitrogens is 1. The Morgan fingerprint density at radius 1 is 1.38 bits per heavy atom. The van der Waals surface area contributed by atoms with Gasteiger partial charge >= 0.3 is 0 Å². The molecule has 2 N–H and O–H groups in total. The number of quaternary nitrogens is 1. The van der Waals surface area contributed by atoms with Crippen LogP contribution in [0.5, 0.6) is 0 Å². The van der Waals surface area contributed by atoms with Gasteiger partial charge in [0.25, 0.3) is 5.82 Å². The Morgan fingerprint density at radius 3 is 2.83 bits per heavy atom. The maximum absolute atomic E-state index is 5.50. The quantitative estimate of drug-likeness (QED) is 0.608. The zero-order valence-corrected chi connectivity index (χ0v) is 16.6. The highest BCUT2D eigenvalue weighted by atomic mass is 32.2.